The third-order valence-electron chi connectivity index (χ3n) is 1.97. The molecule has 0 rings (SSSR count). The number of ether oxygens (including phenoxy) is 1. The molecule has 0 aliphatic carbocycles. The Morgan fingerprint density at radius 2 is 2.05 bits per heavy atom. The monoisotopic (exact) mass is 299 g/mol. The maximum atomic E-state index is 11.2. The van der Waals surface area contributed by atoms with Crippen molar-refractivity contribution in [1.29, 1.82) is 0 Å². The quantitative estimate of drug-likeness (QED) is 0.364. The van der Waals surface area contributed by atoms with Crippen molar-refractivity contribution in [3.05, 3.63) is 0 Å². The number of carbonyl (C=O) groups is 1. The van der Waals surface area contributed by atoms with Gasteiger partial charge in [-0.3, -0.25) is 13.8 Å². The number of unbranched alkanes of at least 4 members (excludes halogenated alkanes) is 1. The maximum absolute atomic E-state index is 11.2. The lowest BCUT2D eigenvalue weighted by molar-refractivity contribution is -0.147. The average molecular weight is 299 g/mol. The van der Waals surface area contributed by atoms with Gasteiger partial charge < -0.3 is 20.5 Å². The molecule has 0 bridgehead atoms. The first-order valence-electron chi connectivity index (χ1n) is 6.07. The summed E-state index contributed by atoms with van der Waals surface area (Å²) in [5.74, 6) is -0.424. The molecule has 0 aromatic heterocycles. The number of phosphoric acid groups is 1. The summed E-state index contributed by atoms with van der Waals surface area (Å²) in [7, 11) is -4.21. The van der Waals surface area contributed by atoms with E-state index in [2.05, 4.69) is 9.05 Å². The Bertz CT molecular complexity index is 300. The van der Waals surface area contributed by atoms with Crippen LogP contribution >= 0.6 is 7.82 Å². The lowest BCUT2D eigenvalue weighted by Gasteiger charge is -2.15. The van der Waals surface area contributed by atoms with E-state index in [-0.39, 0.29) is 26.2 Å². The van der Waals surface area contributed by atoms with E-state index in [0.717, 1.165) is 6.42 Å². The molecule has 1 unspecified atom stereocenters. The van der Waals surface area contributed by atoms with Crippen molar-refractivity contribution in [3.8, 4) is 0 Å². The van der Waals surface area contributed by atoms with Gasteiger partial charge in [-0.2, -0.15) is 0 Å². The Kier molecular flexibility index (Phi) is 10.0. The van der Waals surface area contributed by atoms with E-state index in [1.165, 1.54) is 0 Å². The Balaban J connectivity index is 3.77. The highest BCUT2D eigenvalue weighted by Crippen LogP contribution is 2.42. The van der Waals surface area contributed by atoms with Gasteiger partial charge in [0, 0.05) is 13.0 Å². The lowest BCUT2D eigenvalue weighted by atomic mass is 10.2. The summed E-state index contributed by atoms with van der Waals surface area (Å²) in [5, 5.41) is 9.40. The summed E-state index contributed by atoms with van der Waals surface area (Å²) in [6.45, 7) is 1.12. The van der Waals surface area contributed by atoms with Gasteiger partial charge in [-0.1, -0.05) is 13.3 Å². The highest BCUT2D eigenvalue weighted by Gasteiger charge is 2.22. The minimum absolute atomic E-state index is 0.0749. The van der Waals surface area contributed by atoms with Crippen LogP contribution < -0.4 is 5.73 Å². The molecule has 19 heavy (non-hydrogen) atoms. The summed E-state index contributed by atoms with van der Waals surface area (Å²) >= 11 is 0. The first kappa shape index (κ1) is 18.5. The summed E-state index contributed by atoms with van der Waals surface area (Å²) in [6.07, 6.45) is 0.673. The van der Waals surface area contributed by atoms with Crippen LogP contribution in [0.1, 0.15) is 26.2 Å². The fraction of sp³-hybridized carbons (Fsp3) is 0.900. The molecule has 114 valence electrons. The van der Waals surface area contributed by atoms with E-state index < -0.39 is 26.5 Å². The number of aliphatic hydroxyl groups excluding tert-OH is 1. The molecule has 4 N–H and O–H groups in total. The van der Waals surface area contributed by atoms with Crippen molar-refractivity contribution in [2.45, 2.75) is 32.3 Å². The van der Waals surface area contributed by atoms with Crippen LogP contribution in [0.15, 0.2) is 0 Å². The molecular weight excluding hydrogens is 277 g/mol. The second kappa shape index (κ2) is 10.3. The van der Waals surface area contributed by atoms with E-state index in [0.29, 0.717) is 6.42 Å². The van der Waals surface area contributed by atoms with Crippen molar-refractivity contribution in [3.63, 3.8) is 0 Å². The van der Waals surface area contributed by atoms with Gasteiger partial charge >= 0.3 is 13.8 Å². The van der Waals surface area contributed by atoms with E-state index in [4.69, 9.17) is 15.4 Å². The number of rotatable bonds is 11. The minimum atomic E-state index is -4.21. The Morgan fingerprint density at radius 3 is 2.63 bits per heavy atom. The predicted molar refractivity (Wildman–Crippen MR) is 67.3 cm³/mol. The Labute approximate surface area is 112 Å². The van der Waals surface area contributed by atoms with Gasteiger partial charge in [0.1, 0.15) is 12.7 Å². The van der Waals surface area contributed by atoms with Crippen LogP contribution in [0.2, 0.25) is 0 Å². The molecule has 0 spiro atoms. The van der Waals surface area contributed by atoms with Crippen LogP contribution in [-0.4, -0.2) is 48.4 Å². The van der Waals surface area contributed by atoms with Crippen LogP contribution in [0.25, 0.3) is 0 Å². The zero-order chi connectivity index (χ0) is 14.7. The first-order chi connectivity index (χ1) is 8.91. The highest BCUT2D eigenvalue weighted by molar-refractivity contribution is 7.47. The Hall–Kier alpha value is -0.500. The first-order valence-corrected chi connectivity index (χ1v) is 7.56. The van der Waals surface area contributed by atoms with Crippen LogP contribution in [-0.2, 0) is 23.1 Å². The molecule has 0 heterocycles. The number of esters is 1. The molecule has 2 atom stereocenters. The summed E-state index contributed by atoms with van der Waals surface area (Å²) < 4.78 is 24.9. The van der Waals surface area contributed by atoms with Gasteiger partial charge in [-0.25, -0.2) is 4.57 Å². The van der Waals surface area contributed by atoms with Crippen molar-refractivity contribution in [2.24, 2.45) is 5.73 Å². The second-order valence-electron chi connectivity index (χ2n) is 3.83. The fourth-order valence-corrected chi connectivity index (χ4v) is 1.79. The van der Waals surface area contributed by atoms with Crippen molar-refractivity contribution >= 4 is 13.8 Å². The van der Waals surface area contributed by atoms with Crippen LogP contribution in [0.3, 0.4) is 0 Å². The molecule has 0 aromatic carbocycles. The SMILES string of the molecule is CCCCC(=O)OC[C@H](O)COP(=O)(O)OCCN. The zero-order valence-corrected chi connectivity index (χ0v) is 11.9. The lowest BCUT2D eigenvalue weighted by Crippen LogP contribution is -2.23. The number of carbonyl (C=O) groups excluding carboxylic acids is 1. The van der Waals surface area contributed by atoms with Gasteiger partial charge in [0.05, 0.1) is 13.2 Å². The number of aliphatic hydroxyl groups is 1. The van der Waals surface area contributed by atoms with E-state index in [1.807, 2.05) is 6.92 Å². The normalized spacial score (nSPS) is 15.8. The highest BCUT2D eigenvalue weighted by atomic mass is 31.2. The van der Waals surface area contributed by atoms with Crippen LogP contribution in [0.4, 0.5) is 0 Å². The van der Waals surface area contributed by atoms with Gasteiger partial charge in [0.15, 0.2) is 0 Å². The number of hydrogen-bond acceptors (Lipinski definition) is 7. The van der Waals surface area contributed by atoms with Crippen molar-refractivity contribution in [1.82, 2.24) is 0 Å². The average Bonchev–Trinajstić information content (AvgIpc) is 2.38. The molecule has 0 fully saturated rings. The van der Waals surface area contributed by atoms with Gasteiger partial charge in [0.25, 0.3) is 0 Å². The third-order valence-corrected chi connectivity index (χ3v) is 2.96. The fourth-order valence-electron chi connectivity index (χ4n) is 1.02. The third kappa shape index (κ3) is 11.1. The van der Waals surface area contributed by atoms with Crippen molar-refractivity contribution in [2.75, 3.05) is 26.4 Å². The van der Waals surface area contributed by atoms with Crippen LogP contribution in [0, 0.1) is 0 Å². The molecule has 0 aliphatic rings. The van der Waals surface area contributed by atoms with E-state index in [9.17, 15) is 14.5 Å². The van der Waals surface area contributed by atoms with Gasteiger partial charge in [-0.05, 0) is 6.42 Å². The molecule has 0 radical (unpaired) electrons. The smallest absolute Gasteiger partial charge is 0.463 e. The summed E-state index contributed by atoms with van der Waals surface area (Å²) in [5.41, 5.74) is 5.09. The summed E-state index contributed by atoms with van der Waals surface area (Å²) in [4.78, 5) is 20.3. The molecular formula is C10H22NO7P. The minimum Gasteiger partial charge on any atom is -0.463 e. The number of nitrogens with two attached hydrogens (primary N) is 1. The van der Waals surface area contributed by atoms with E-state index >= 15 is 0 Å². The maximum Gasteiger partial charge on any atom is 0.472 e. The van der Waals surface area contributed by atoms with Crippen molar-refractivity contribution < 1.29 is 33.1 Å². The molecule has 8 nitrogen and oxygen atoms in total. The Morgan fingerprint density at radius 1 is 1.37 bits per heavy atom. The molecule has 0 saturated heterocycles. The second-order valence-corrected chi connectivity index (χ2v) is 5.28. The van der Waals surface area contributed by atoms with Gasteiger partial charge in [-0.15, -0.1) is 0 Å². The topological polar surface area (TPSA) is 128 Å². The standard InChI is InChI=1S/C10H22NO7P/c1-2-3-4-10(13)16-7-9(12)8-18-19(14,15)17-6-5-11/h9,12H,2-8,11H2,1H3,(H,14,15)/t9-/m0/s1. The largest absolute Gasteiger partial charge is 0.472 e. The molecule has 0 amide bonds. The zero-order valence-electron chi connectivity index (χ0n) is 11.0. The van der Waals surface area contributed by atoms with Crippen LogP contribution in [0.5, 0.6) is 0 Å². The predicted octanol–water partition coefficient (Wildman–Crippen LogP) is 0.173. The number of hydrogen-bond donors (Lipinski definition) is 3. The van der Waals surface area contributed by atoms with Gasteiger partial charge in [0.2, 0.25) is 0 Å². The molecule has 0 aromatic rings. The molecule has 9 heteroatoms. The number of phosphoric ester groups is 1. The molecule has 0 saturated carbocycles. The summed E-state index contributed by atoms with van der Waals surface area (Å²) in [6, 6.07) is 0. The van der Waals surface area contributed by atoms with E-state index in [1.54, 1.807) is 0 Å². The molecule has 0 aliphatic heterocycles.